The van der Waals surface area contributed by atoms with E-state index in [2.05, 4.69) is 6.08 Å². The quantitative estimate of drug-likeness (QED) is 0.739. The highest BCUT2D eigenvalue weighted by atomic mass is 32.2. The Morgan fingerprint density at radius 3 is 2.71 bits per heavy atom. The highest BCUT2D eigenvalue weighted by Gasteiger charge is 2.36. The molecule has 1 heterocycles. The normalized spacial score (nSPS) is 33.4. The predicted octanol–water partition coefficient (Wildman–Crippen LogP) is 2.46. The van der Waals surface area contributed by atoms with Crippen molar-refractivity contribution in [2.45, 2.75) is 17.4 Å². The molecule has 2 aliphatic rings. The van der Waals surface area contributed by atoms with Crippen LogP contribution in [-0.4, -0.2) is 27.2 Å². The van der Waals surface area contributed by atoms with Crippen molar-refractivity contribution >= 4 is 29.5 Å². The Bertz CT molecular complexity index is 247. The summed E-state index contributed by atoms with van der Waals surface area (Å²) in [4.78, 5) is 11.0. The first-order chi connectivity index (χ1) is 6.79. The fraction of sp³-hybridized carbons (Fsp3) is 0.700. The summed E-state index contributed by atoms with van der Waals surface area (Å²) in [6.45, 7) is 0. The van der Waals surface area contributed by atoms with E-state index < -0.39 is 5.97 Å². The summed E-state index contributed by atoms with van der Waals surface area (Å²) in [6, 6.07) is 0. The Morgan fingerprint density at radius 2 is 2.07 bits per heavy atom. The van der Waals surface area contributed by atoms with Gasteiger partial charge in [0.25, 0.3) is 0 Å². The third kappa shape index (κ3) is 2.11. The summed E-state index contributed by atoms with van der Waals surface area (Å²) >= 11 is 3.86. The van der Waals surface area contributed by atoms with Gasteiger partial charge in [-0.15, -0.1) is 23.5 Å². The Balaban J connectivity index is 2.00. The van der Waals surface area contributed by atoms with Gasteiger partial charge >= 0.3 is 5.97 Å². The van der Waals surface area contributed by atoms with Crippen molar-refractivity contribution in [3.8, 4) is 0 Å². The van der Waals surface area contributed by atoms with Crippen LogP contribution in [0.4, 0.5) is 0 Å². The van der Waals surface area contributed by atoms with E-state index in [9.17, 15) is 4.79 Å². The third-order valence-corrected chi connectivity index (χ3v) is 5.85. The molecule has 4 heteroatoms. The topological polar surface area (TPSA) is 37.3 Å². The molecule has 1 N–H and O–H groups in total. The molecule has 1 fully saturated rings. The first-order valence-corrected chi connectivity index (χ1v) is 7.01. The second-order valence-electron chi connectivity index (χ2n) is 3.65. The van der Waals surface area contributed by atoms with Crippen LogP contribution in [0.25, 0.3) is 0 Å². The zero-order valence-electron chi connectivity index (χ0n) is 7.89. The molecule has 0 bridgehead atoms. The van der Waals surface area contributed by atoms with Crippen LogP contribution in [0.5, 0.6) is 0 Å². The molecule has 2 atom stereocenters. The van der Waals surface area contributed by atoms with Crippen molar-refractivity contribution in [3.05, 3.63) is 12.2 Å². The number of allylic oxidation sites excluding steroid dienone is 2. The average molecular weight is 230 g/mol. The van der Waals surface area contributed by atoms with E-state index in [0.717, 1.165) is 6.42 Å². The monoisotopic (exact) mass is 230 g/mol. The van der Waals surface area contributed by atoms with Crippen LogP contribution >= 0.6 is 23.5 Å². The van der Waals surface area contributed by atoms with Gasteiger partial charge in [-0.3, -0.25) is 4.79 Å². The molecule has 0 amide bonds. The van der Waals surface area contributed by atoms with Crippen LogP contribution in [-0.2, 0) is 4.79 Å². The van der Waals surface area contributed by atoms with E-state index in [1.54, 1.807) is 0 Å². The molecular formula is C10H14O2S2. The highest BCUT2D eigenvalue weighted by Crippen LogP contribution is 2.42. The maximum atomic E-state index is 11.0. The lowest BCUT2D eigenvalue weighted by molar-refractivity contribution is -0.142. The number of carboxylic acids is 1. The largest absolute Gasteiger partial charge is 0.481 e. The number of carbonyl (C=O) groups is 1. The number of thioether (sulfide) groups is 2. The van der Waals surface area contributed by atoms with E-state index in [1.807, 2.05) is 29.6 Å². The van der Waals surface area contributed by atoms with Gasteiger partial charge in [-0.05, 0) is 24.3 Å². The van der Waals surface area contributed by atoms with Crippen LogP contribution < -0.4 is 0 Å². The Labute approximate surface area is 92.5 Å². The number of hydrogen-bond acceptors (Lipinski definition) is 3. The second kappa shape index (κ2) is 4.62. The number of carboxylic acid groups (broad SMARTS) is 1. The van der Waals surface area contributed by atoms with Crippen molar-refractivity contribution < 1.29 is 9.90 Å². The summed E-state index contributed by atoms with van der Waals surface area (Å²) in [6.07, 6.45) is 6.12. The lowest BCUT2D eigenvalue weighted by Gasteiger charge is -2.28. The van der Waals surface area contributed by atoms with E-state index in [1.165, 1.54) is 17.9 Å². The van der Waals surface area contributed by atoms with E-state index in [0.29, 0.717) is 4.58 Å². The zero-order valence-corrected chi connectivity index (χ0v) is 9.52. The summed E-state index contributed by atoms with van der Waals surface area (Å²) in [5.41, 5.74) is 0. The Morgan fingerprint density at radius 1 is 1.36 bits per heavy atom. The molecule has 0 spiro atoms. The molecule has 0 unspecified atom stereocenters. The van der Waals surface area contributed by atoms with Crippen molar-refractivity contribution in [1.82, 2.24) is 0 Å². The van der Waals surface area contributed by atoms with Crippen molar-refractivity contribution in [3.63, 3.8) is 0 Å². The SMILES string of the molecule is O=C(O)[C@H]1CC=C[C@H]1C1SCCCS1. The molecular weight excluding hydrogens is 216 g/mol. The summed E-state index contributed by atoms with van der Waals surface area (Å²) in [7, 11) is 0. The van der Waals surface area contributed by atoms with Crippen molar-refractivity contribution in [1.29, 1.82) is 0 Å². The maximum absolute atomic E-state index is 11.0. The molecule has 1 aliphatic carbocycles. The van der Waals surface area contributed by atoms with Gasteiger partial charge in [0, 0.05) is 5.92 Å². The smallest absolute Gasteiger partial charge is 0.307 e. The molecule has 0 radical (unpaired) electrons. The van der Waals surface area contributed by atoms with E-state index in [-0.39, 0.29) is 11.8 Å². The van der Waals surface area contributed by atoms with Crippen LogP contribution in [0, 0.1) is 11.8 Å². The van der Waals surface area contributed by atoms with Crippen molar-refractivity contribution in [2.24, 2.45) is 11.8 Å². The fourth-order valence-electron chi connectivity index (χ4n) is 1.95. The molecule has 0 aromatic heterocycles. The minimum atomic E-state index is -0.633. The molecule has 78 valence electrons. The molecule has 1 saturated heterocycles. The number of aliphatic carboxylic acids is 1. The fourth-order valence-corrected chi connectivity index (χ4v) is 5.18. The Hall–Kier alpha value is -0.0900. The van der Waals surface area contributed by atoms with Crippen LogP contribution in [0.3, 0.4) is 0 Å². The Kier molecular flexibility index (Phi) is 3.44. The van der Waals surface area contributed by atoms with Gasteiger partial charge in [0.1, 0.15) is 0 Å². The summed E-state index contributed by atoms with van der Waals surface area (Å²) in [5, 5.41) is 9.06. The standard InChI is InChI=1S/C10H14O2S2/c11-9(12)7-3-1-4-8(7)10-13-5-2-6-14-10/h1,4,7-8,10H,2-3,5-6H2,(H,11,12)/t7-,8+/m0/s1. The van der Waals surface area contributed by atoms with Crippen LogP contribution in [0.1, 0.15) is 12.8 Å². The molecule has 0 aromatic carbocycles. The average Bonchev–Trinajstić information content (AvgIpc) is 2.67. The van der Waals surface area contributed by atoms with E-state index >= 15 is 0 Å². The molecule has 2 rings (SSSR count). The number of rotatable bonds is 2. The van der Waals surface area contributed by atoms with Crippen molar-refractivity contribution in [2.75, 3.05) is 11.5 Å². The minimum absolute atomic E-state index is 0.168. The summed E-state index contributed by atoms with van der Waals surface area (Å²) in [5.74, 6) is 1.83. The van der Waals surface area contributed by atoms with Gasteiger partial charge in [0.15, 0.2) is 0 Å². The lowest BCUT2D eigenvalue weighted by atomic mass is 9.97. The van der Waals surface area contributed by atoms with Gasteiger partial charge in [0.2, 0.25) is 0 Å². The first kappa shape index (κ1) is 10.4. The first-order valence-electron chi connectivity index (χ1n) is 4.91. The highest BCUT2D eigenvalue weighted by molar-refractivity contribution is 8.17. The molecule has 0 aromatic rings. The summed E-state index contributed by atoms with van der Waals surface area (Å²) < 4.78 is 0.476. The van der Waals surface area contributed by atoms with Gasteiger partial charge < -0.3 is 5.11 Å². The van der Waals surface area contributed by atoms with Crippen LogP contribution in [0.2, 0.25) is 0 Å². The van der Waals surface area contributed by atoms with E-state index in [4.69, 9.17) is 5.11 Å². The maximum Gasteiger partial charge on any atom is 0.307 e. The molecule has 2 nitrogen and oxygen atoms in total. The predicted molar refractivity (Wildman–Crippen MR) is 61.7 cm³/mol. The van der Waals surface area contributed by atoms with Gasteiger partial charge in [-0.2, -0.15) is 0 Å². The second-order valence-corrected chi connectivity index (χ2v) is 6.45. The molecule has 0 saturated carbocycles. The third-order valence-electron chi connectivity index (χ3n) is 2.70. The molecule has 1 aliphatic heterocycles. The van der Waals surface area contributed by atoms with Crippen LogP contribution in [0.15, 0.2) is 12.2 Å². The van der Waals surface area contributed by atoms with Gasteiger partial charge in [-0.25, -0.2) is 0 Å². The number of hydrogen-bond donors (Lipinski definition) is 1. The minimum Gasteiger partial charge on any atom is -0.481 e. The zero-order chi connectivity index (χ0) is 9.97. The lowest BCUT2D eigenvalue weighted by Crippen LogP contribution is -2.27. The van der Waals surface area contributed by atoms with Gasteiger partial charge in [0.05, 0.1) is 10.5 Å². The molecule has 14 heavy (non-hydrogen) atoms. The van der Waals surface area contributed by atoms with Gasteiger partial charge in [-0.1, -0.05) is 12.2 Å².